The molecule has 3 atom stereocenters. The van der Waals surface area contributed by atoms with Crippen LogP contribution >= 0.6 is 0 Å². The highest BCUT2D eigenvalue weighted by atomic mass is 16.5. The van der Waals surface area contributed by atoms with Crippen LogP contribution in [-0.2, 0) is 30.5 Å². The molecule has 0 aliphatic heterocycles. The maximum Gasteiger partial charge on any atom is 0.408 e. The van der Waals surface area contributed by atoms with Crippen LogP contribution in [0.25, 0.3) is 0 Å². The molecule has 1 rings (SSSR count). The van der Waals surface area contributed by atoms with Gasteiger partial charge in [-0.3, -0.25) is 19.2 Å². The number of carbonyl (C=O) groups excluding carboxylic acids is 3. The van der Waals surface area contributed by atoms with Crippen molar-refractivity contribution in [2.45, 2.75) is 45.0 Å². The zero-order chi connectivity index (χ0) is 22.8. The first-order chi connectivity index (χ1) is 14.0. The highest BCUT2D eigenvalue weighted by Crippen LogP contribution is 2.01. The van der Waals surface area contributed by atoms with Crippen LogP contribution in [-0.4, -0.2) is 58.2 Å². The summed E-state index contributed by atoms with van der Waals surface area (Å²) in [6.45, 7) is 2.31. The summed E-state index contributed by atoms with van der Waals surface area (Å²) in [4.78, 5) is 58.3. The van der Waals surface area contributed by atoms with Crippen LogP contribution < -0.4 is 15.9 Å². The van der Waals surface area contributed by atoms with Gasteiger partial charge in [0.2, 0.25) is 11.8 Å². The number of carboxylic acid groups (broad SMARTS) is 2. The van der Waals surface area contributed by atoms with Crippen molar-refractivity contribution in [1.29, 1.82) is 0 Å². The van der Waals surface area contributed by atoms with Crippen molar-refractivity contribution in [3.8, 4) is 0 Å². The van der Waals surface area contributed by atoms with Gasteiger partial charge in [0.15, 0.2) is 1.41 Å². The van der Waals surface area contributed by atoms with Gasteiger partial charge in [-0.1, -0.05) is 30.3 Å². The lowest BCUT2D eigenvalue weighted by molar-refractivity contribution is -0.143. The molecular formula is C18H23N3O8. The van der Waals surface area contributed by atoms with E-state index >= 15 is 0 Å². The molecule has 0 bridgehead atoms. The van der Waals surface area contributed by atoms with E-state index in [0.717, 1.165) is 6.92 Å². The van der Waals surface area contributed by atoms with Crippen molar-refractivity contribution in [2.24, 2.45) is 0 Å². The molecule has 0 aliphatic carbocycles. The van der Waals surface area contributed by atoms with Gasteiger partial charge >= 0.3 is 18.0 Å². The van der Waals surface area contributed by atoms with Crippen molar-refractivity contribution in [1.82, 2.24) is 15.9 Å². The number of rotatable bonds is 10. The minimum Gasteiger partial charge on any atom is -0.481 e. The van der Waals surface area contributed by atoms with Crippen LogP contribution in [0.3, 0.4) is 0 Å². The van der Waals surface area contributed by atoms with Gasteiger partial charge in [0.25, 0.3) is 0 Å². The number of hydrogen-bond donors (Lipinski definition) is 5. The number of carbonyl (C=O) groups is 5. The molecule has 158 valence electrons. The first-order valence-corrected chi connectivity index (χ1v) is 8.57. The number of carboxylic acids is 2. The minimum atomic E-state index is -1.80. The van der Waals surface area contributed by atoms with Gasteiger partial charge in [0.1, 0.15) is 24.7 Å². The van der Waals surface area contributed by atoms with E-state index in [9.17, 15) is 24.0 Å². The summed E-state index contributed by atoms with van der Waals surface area (Å²) in [5.41, 5.74) is 0.708. The van der Waals surface area contributed by atoms with Crippen molar-refractivity contribution in [3.63, 3.8) is 0 Å². The van der Waals surface area contributed by atoms with Crippen molar-refractivity contribution < 1.29 is 40.3 Å². The third-order valence-electron chi connectivity index (χ3n) is 3.60. The molecule has 11 heteroatoms. The monoisotopic (exact) mass is 410 g/mol. The van der Waals surface area contributed by atoms with E-state index in [1.165, 1.54) is 6.92 Å². The van der Waals surface area contributed by atoms with Crippen LogP contribution in [0.2, 0.25) is 1.41 Å². The van der Waals surface area contributed by atoms with E-state index in [1.54, 1.807) is 30.3 Å². The summed E-state index contributed by atoms with van der Waals surface area (Å²) >= 11 is 0. The molecule has 0 saturated carbocycles. The Morgan fingerprint density at radius 2 is 1.62 bits per heavy atom. The fraction of sp³-hybridized carbons (Fsp3) is 0.389. The Morgan fingerprint density at radius 3 is 2.17 bits per heavy atom. The van der Waals surface area contributed by atoms with Crippen LogP contribution in [0.5, 0.6) is 0 Å². The zero-order valence-corrected chi connectivity index (χ0v) is 15.8. The average Bonchev–Trinajstić information content (AvgIpc) is 2.69. The summed E-state index contributed by atoms with van der Waals surface area (Å²) in [6.07, 6.45) is -1.88. The normalized spacial score (nSPS) is 13.8. The minimum absolute atomic E-state index is 0.0602. The Labute approximate surface area is 167 Å². The fourth-order valence-electron chi connectivity index (χ4n) is 2.00. The van der Waals surface area contributed by atoms with Gasteiger partial charge < -0.3 is 30.9 Å². The van der Waals surface area contributed by atoms with E-state index in [4.69, 9.17) is 16.4 Å². The highest BCUT2D eigenvalue weighted by molar-refractivity contribution is 5.94. The molecule has 0 spiro atoms. The van der Waals surface area contributed by atoms with E-state index in [2.05, 4.69) is 5.32 Å². The zero-order valence-electron chi connectivity index (χ0n) is 16.8. The first-order valence-electron chi connectivity index (χ1n) is 9.01. The topological polar surface area (TPSA) is 171 Å². The largest absolute Gasteiger partial charge is 0.481 e. The molecule has 0 fully saturated rings. The van der Waals surface area contributed by atoms with Gasteiger partial charge in [-0.05, 0) is 19.4 Å². The molecule has 0 unspecified atom stereocenters. The number of ether oxygens (including phenoxy) is 1. The molecule has 3 amide bonds. The van der Waals surface area contributed by atoms with Crippen LogP contribution in [0.1, 0.15) is 25.8 Å². The third-order valence-corrected chi connectivity index (χ3v) is 3.60. The Balaban J connectivity index is 2.72. The van der Waals surface area contributed by atoms with Crippen molar-refractivity contribution in [2.75, 3.05) is 0 Å². The SMILES string of the molecule is [2H]N(C(=O)[C@@H](C)NC(=O)OCc1ccccc1)[C@@H](CC(=O)O)C(=O)N[C@@H](C)C(=O)O. The lowest BCUT2D eigenvalue weighted by Gasteiger charge is -2.21. The average molecular weight is 410 g/mol. The Morgan fingerprint density at radius 1 is 1.00 bits per heavy atom. The number of benzene rings is 1. The fourth-order valence-corrected chi connectivity index (χ4v) is 2.00. The molecule has 1 aromatic rings. The number of nitrogens with one attached hydrogen (secondary N) is 3. The van der Waals surface area contributed by atoms with Gasteiger partial charge in [0, 0.05) is 0 Å². The first kappa shape index (κ1) is 21.7. The molecule has 0 aliphatic rings. The van der Waals surface area contributed by atoms with Crippen LogP contribution in [0, 0.1) is 0 Å². The van der Waals surface area contributed by atoms with Crippen molar-refractivity contribution >= 4 is 29.8 Å². The molecule has 1 aromatic carbocycles. The third kappa shape index (κ3) is 8.73. The lowest BCUT2D eigenvalue weighted by Crippen LogP contribution is -2.55. The molecule has 0 aromatic heterocycles. The second-order valence-corrected chi connectivity index (χ2v) is 6.08. The second kappa shape index (κ2) is 11.3. The van der Waals surface area contributed by atoms with E-state index in [0.29, 0.717) is 5.56 Å². The summed E-state index contributed by atoms with van der Waals surface area (Å²) in [7, 11) is 0. The summed E-state index contributed by atoms with van der Waals surface area (Å²) < 4.78 is 12.8. The van der Waals surface area contributed by atoms with Crippen molar-refractivity contribution in [3.05, 3.63) is 35.9 Å². The van der Waals surface area contributed by atoms with Gasteiger partial charge in [-0.2, -0.15) is 0 Å². The molecule has 0 heterocycles. The molecule has 29 heavy (non-hydrogen) atoms. The van der Waals surface area contributed by atoms with Gasteiger partial charge in [-0.25, -0.2) is 4.79 Å². The number of hydrogen-bond acceptors (Lipinski definition) is 6. The summed E-state index contributed by atoms with van der Waals surface area (Å²) in [5, 5.41) is 22.1. The maximum absolute atomic E-state index is 12.4. The van der Waals surface area contributed by atoms with E-state index in [1.807, 2.05) is 5.32 Å². The van der Waals surface area contributed by atoms with Crippen LogP contribution in [0.15, 0.2) is 30.3 Å². The predicted molar refractivity (Wildman–Crippen MR) is 98.6 cm³/mol. The standard InChI is InChI=1S/C18H23N3O8/c1-10(20-18(28)29-9-12-6-4-3-5-7-12)15(24)21-13(8-14(22)23)16(25)19-11(2)17(26)27/h3-7,10-11,13H,8-9H2,1-2H3,(H,19,25)(H,20,28)(H,21,24)(H,22,23)(H,26,27)/t10-,11+,13+/m1/s1/i/hD. The Bertz CT molecular complexity index is 789. The lowest BCUT2D eigenvalue weighted by atomic mass is 10.1. The van der Waals surface area contributed by atoms with E-state index in [-0.39, 0.29) is 11.9 Å². The smallest absolute Gasteiger partial charge is 0.408 e. The number of aliphatic carboxylic acids is 2. The summed E-state index contributed by atoms with van der Waals surface area (Å²) in [6, 6.07) is 4.25. The second-order valence-electron chi connectivity index (χ2n) is 6.08. The Kier molecular flexibility index (Phi) is 8.42. The maximum atomic E-state index is 12.4. The van der Waals surface area contributed by atoms with Gasteiger partial charge in [0.05, 0.1) is 6.42 Å². The molecule has 11 nitrogen and oxygen atoms in total. The number of alkyl carbamates (subject to hydrolysis) is 1. The predicted octanol–water partition coefficient (Wildman–Crippen LogP) is -0.150. The molecular weight excluding hydrogens is 386 g/mol. The number of amides is 3. The summed E-state index contributed by atoms with van der Waals surface area (Å²) in [5.74, 6) is -5.08. The highest BCUT2D eigenvalue weighted by Gasteiger charge is 2.28. The van der Waals surface area contributed by atoms with Crippen LogP contribution in [0.4, 0.5) is 4.79 Å². The molecule has 0 saturated heterocycles. The Hall–Kier alpha value is -3.63. The molecule has 0 radical (unpaired) electrons. The van der Waals surface area contributed by atoms with Gasteiger partial charge in [-0.15, -0.1) is 0 Å². The quantitative estimate of drug-likeness (QED) is 0.354. The molecule has 5 N–H and O–H groups in total. The van der Waals surface area contributed by atoms with E-state index < -0.39 is 54.4 Å².